The fraction of sp³-hybridized carbons (Fsp3) is 0.545. The molecule has 13 heavy (non-hydrogen) atoms. The highest BCUT2D eigenvalue weighted by Crippen LogP contribution is 2.37. The molecule has 0 radical (unpaired) electrons. The minimum atomic E-state index is 0.421. The summed E-state index contributed by atoms with van der Waals surface area (Å²) in [6, 6.07) is 1.69. The van der Waals surface area contributed by atoms with Crippen LogP contribution in [-0.4, -0.2) is 10.1 Å². The van der Waals surface area contributed by atoms with Crippen LogP contribution in [-0.2, 0) is 6.42 Å². The van der Waals surface area contributed by atoms with Gasteiger partial charge < -0.3 is 5.11 Å². The molecular formula is C11H15NO. The van der Waals surface area contributed by atoms with Crippen molar-refractivity contribution in [1.29, 1.82) is 0 Å². The first kappa shape index (κ1) is 8.54. The Morgan fingerprint density at radius 3 is 3.00 bits per heavy atom. The molecule has 1 aliphatic carbocycles. The zero-order chi connectivity index (χ0) is 9.42. The Morgan fingerprint density at radius 1 is 1.46 bits per heavy atom. The third kappa shape index (κ3) is 1.41. The molecule has 0 unspecified atom stereocenters. The summed E-state index contributed by atoms with van der Waals surface area (Å²) < 4.78 is 0. The maximum Gasteiger partial charge on any atom is 0.122 e. The molecule has 0 bridgehead atoms. The van der Waals surface area contributed by atoms with E-state index in [1.54, 1.807) is 12.3 Å². The third-order valence-electron chi connectivity index (χ3n) is 2.84. The Hall–Kier alpha value is -1.05. The van der Waals surface area contributed by atoms with Crippen LogP contribution in [0.3, 0.4) is 0 Å². The van der Waals surface area contributed by atoms with Crippen LogP contribution in [0.1, 0.15) is 37.4 Å². The van der Waals surface area contributed by atoms with E-state index in [9.17, 15) is 5.11 Å². The molecule has 1 aliphatic rings. The molecule has 2 heteroatoms. The first-order chi connectivity index (χ1) is 6.18. The molecule has 0 amide bonds. The topological polar surface area (TPSA) is 33.1 Å². The van der Waals surface area contributed by atoms with Crippen molar-refractivity contribution in [2.75, 3.05) is 0 Å². The fourth-order valence-corrected chi connectivity index (χ4v) is 2.34. The summed E-state index contributed by atoms with van der Waals surface area (Å²) in [6.07, 6.45) is 3.86. The maximum absolute atomic E-state index is 9.67. The number of hydrogen-bond acceptors (Lipinski definition) is 2. The van der Waals surface area contributed by atoms with Gasteiger partial charge in [0.15, 0.2) is 0 Å². The Balaban J connectivity index is 2.49. The summed E-state index contributed by atoms with van der Waals surface area (Å²) in [4.78, 5) is 4.32. The van der Waals surface area contributed by atoms with Gasteiger partial charge in [-0.2, -0.15) is 0 Å². The summed E-state index contributed by atoms with van der Waals surface area (Å²) in [5, 5.41) is 9.67. The second-order valence-corrected chi connectivity index (χ2v) is 4.14. The quantitative estimate of drug-likeness (QED) is 0.660. The molecule has 2 atom stereocenters. The lowest BCUT2D eigenvalue weighted by atomic mass is 9.80. The predicted molar refractivity (Wildman–Crippen MR) is 51.8 cm³/mol. The smallest absolute Gasteiger partial charge is 0.122 e. The van der Waals surface area contributed by atoms with Crippen molar-refractivity contribution in [2.24, 2.45) is 5.92 Å². The van der Waals surface area contributed by atoms with Gasteiger partial charge in [0, 0.05) is 17.5 Å². The number of hydrogen-bond donors (Lipinski definition) is 1. The van der Waals surface area contributed by atoms with Gasteiger partial charge in [0.1, 0.15) is 5.75 Å². The molecule has 0 saturated carbocycles. The van der Waals surface area contributed by atoms with Crippen LogP contribution in [0.2, 0.25) is 0 Å². The Morgan fingerprint density at radius 2 is 2.23 bits per heavy atom. The van der Waals surface area contributed by atoms with Crippen LogP contribution in [0.15, 0.2) is 12.3 Å². The second kappa shape index (κ2) is 3.02. The lowest BCUT2D eigenvalue weighted by Crippen LogP contribution is -2.16. The van der Waals surface area contributed by atoms with E-state index in [0.29, 0.717) is 17.6 Å². The number of pyridine rings is 1. The molecule has 0 saturated heterocycles. The normalized spacial score (nSPS) is 26.9. The average molecular weight is 177 g/mol. The lowest BCUT2D eigenvalue weighted by Gasteiger charge is -2.26. The van der Waals surface area contributed by atoms with Crippen LogP contribution in [0, 0.1) is 5.92 Å². The van der Waals surface area contributed by atoms with Crippen LogP contribution in [0.4, 0.5) is 0 Å². The predicted octanol–water partition coefficient (Wildman–Crippen LogP) is 2.47. The largest absolute Gasteiger partial charge is 0.508 e. The highest BCUT2D eigenvalue weighted by atomic mass is 16.3. The summed E-state index contributed by atoms with van der Waals surface area (Å²) in [7, 11) is 0. The Bertz CT molecular complexity index is 322. The molecular weight excluding hydrogens is 162 g/mol. The average Bonchev–Trinajstić information content (AvgIpc) is 2.02. The van der Waals surface area contributed by atoms with Gasteiger partial charge in [-0.05, 0) is 30.7 Å². The molecule has 70 valence electrons. The number of aromatic nitrogens is 1. The molecule has 0 spiro atoms. The fourth-order valence-electron chi connectivity index (χ4n) is 2.34. The molecule has 2 nitrogen and oxygen atoms in total. The minimum absolute atomic E-state index is 0.421. The van der Waals surface area contributed by atoms with Crippen molar-refractivity contribution in [2.45, 2.75) is 32.6 Å². The first-order valence-corrected chi connectivity index (χ1v) is 4.85. The summed E-state index contributed by atoms with van der Waals surface area (Å²) in [5.74, 6) is 1.56. The van der Waals surface area contributed by atoms with Gasteiger partial charge in [-0.25, -0.2) is 0 Å². The van der Waals surface area contributed by atoms with Gasteiger partial charge in [0.2, 0.25) is 0 Å². The molecule has 0 aliphatic heterocycles. The van der Waals surface area contributed by atoms with Gasteiger partial charge in [0.05, 0.1) is 0 Å². The van der Waals surface area contributed by atoms with E-state index in [1.807, 2.05) is 0 Å². The Kier molecular flexibility index (Phi) is 1.98. The van der Waals surface area contributed by atoms with Crippen LogP contribution < -0.4 is 0 Å². The SMILES string of the molecule is C[C@@H]1Cc2nccc(O)c2[C@@H](C)C1. The zero-order valence-electron chi connectivity index (χ0n) is 8.12. The molecule has 0 fully saturated rings. The van der Waals surface area contributed by atoms with Crippen LogP contribution in [0.5, 0.6) is 5.75 Å². The van der Waals surface area contributed by atoms with E-state index in [0.717, 1.165) is 24.1 Å². The van der Waals surface area contributed by atoms with Crippen molar-refractivity contribution < 1.29 is 5.11 Å². The van der Waals surface area contributed by atoms with Gasteiger partial charge in [0.25, 0.3) is 0 Å². The second-order valence-electron chi connectivity index (χ2n) is 4.14. The number of rotatable bonds is 0. The van der Waals surface area contributed by atoms with Crippen molar-refractivity contribution in [3.63, 3.8) is 0 Å². The number of nitrogens with zero attached hydrogens (tertiary/aromatic N) is 1. The molecule has 1 aromatic heterocycles. The summed E-state index contributed by atoms with van der Waals surface area (Å²) >= 11 is 0. The van der Waals surface area contributed by atoms with Gasteiger partial charge in [-0.1, -0.05) is 13.8 Å². The lowest BCUT2D eigenvalue weighted by molar-refractivity contribution is 0.408. The van der Waals surface area contributed by atoms with Gasteiger partial charge in [-0.15, -0.1) is 0 Å². The monoisotopic (exact) mass is 177 g/mol. The molecule has 1 aromatic rings. The van der Waals surface area contributed by atoms with E-state index >= 15 is 0 Å². The van der Waals surface area contributed by atoms with Gasteiger partial charge >= 0.3 is 0 Å². The zero-order valence-corrected chi connectivity index (χ0v) is 8.12. The molecule has 1 heterocycles. The van der Waals surface area contributed by atoms with E-state index < -0.39 is 0 Å². The minimum Gasteiger partial charge on any atom is -0.508 e. The van der Waals surface area contributed by atoms with E-state index in [4.69, 9.17) is 0 Å². The highest BCUT2D eigenvalue weighted by Gasteiger charge is 2.24. The van der Waals surface area contributed by atoms with Crippen molar-refractivity contribution >= 4 is 0 Å². The van der Waals surface area contributed by atoms with E-state index in [2.05, 4.69) is 18.8 Å². The standard InChI is InChI=1S/C11H15NO/c1-7-5-8(2)11-9(6-7)12-4-3-10(11)13/h3-4,7-8H,5-6H2,1-2H3,(H,12,13)/t7-,8-/m0/s1. The molecule has 2 rings (SSSR count). The third-order valence-corrected chi connectivity index (χ3v) is 2.84. The summed E-state index contributed by atoms with van der Waals surface area (Å²) in [6.45, 7) is 4.40. The number of fused-ring (bicyclic) bond motifs is 1. The van der Waals surface area contributed by atoms with Crippen molar-refractivity contribution in [3.8, 4) is 5.75 Å². The van der Waals surface area contributed by atoms with Crippen LogP contribution >= 0.6 is 0 Å². The highest BCUT2D eigenvalue weighted by molar-refractivity contribution is 5.39. The number of aromatic hydroxyl groups is 1. The maximum atomic E-state index is 9.67. The summed E-state index contributed by atoms with van der Waals surface area (Å²) in [5.41, 5.74) is 2.16. The van der Waals surface area contributed by atoms with Crippen molar-refractivity contribution in [3.05, 3.63) is 23.5 Å². The van der Waals surface area contributed by atoms with E-state index in [-0.39, 0.29) is 0 Å². The van der Waals surface area contributed by atoms with Crippen molar-refractivity contribution in [1.82, 2.24) is 4.98 Å². The van der Waals surface area contributed by atoms with Crippen LogP contribution in [0.25, 0.3) is 0 Å². The first-order valence-electron chi connectivity index (χ1n) is 4.85. The van der Waals surface area contributed by atoms with Gasteiger partial charge in [-0.3, -0.25) is 4.98 Å². The Labute approximate surface area is 78.6 Å². The molecule has 1 N–H and O–H groups in total. The van der Waals surface area contributed by atoms with E-state index in [1.165, 1.54) is 0 Å². The molecule has 0 aromatic carbocycles.